The van der Waals surface area contributed by atoms with E-state index in [0.29, 0.717) is 12.1 Å². The van der Waals surface area contributed by atoms with Gasteiger partial charge in [0.1, 0.15) is 5.49 Å². The van der Waals surface area contributed by atoms with Gasteiger partial charge in [0.05, 0.1) is 6.61 Å². The molecule has 0 N–H and O–H groups in total. The molecule has 15 heavy (non-hydrogen) atoms. The SMILES string of the molecule is CCOP(=O)(CSc1ccccc1)OC. The molecule has 0 aromatic heterocycles. The second-order valence-corrected chi connectivity index (χ2v) is 6.44. The normalized spacial score (nSPS) is 14.8. The van der Waals surface area contributed by atoms with E-state index in [4.69, 9.17) is 9.05 Å². The van der Waals surface area contributed by atoms with Crippen LogP contribution in [0.15, 0.2) is 35.2 Å². The molecule has 0 heterocycles. The Morgan fingerprint density at radius 2 is 2.00 bits per heavy atom. The first-order valence-corrected chi connectivity index (χ1v) is 7.38. The summed E-state index contributed by atoms with van der Waals surface area (Å²) < 4.78 is 21.9. The van der Waals surface area contributed by atoms with Gasteiger partial charge in [0.25, 0.3) is 0 Å². The first-order valence-electron chi connectivity index (χ1n) is 4.67. The van der Waals surface area contributed by atoms with Gasteiger partial charge in [-0.05, 0) is 19.1 Å². The summed E-state index contributed by atoms with van der Waals surface area (Å²) in [4.78, 5) is 1.06. The Morgan fingerprint density at radius 3 is 2.53 bits per heavy atom. The summed E-state index contributed by atoms with van der Waals surface area (Å²) >= 11 is 1.48. The first kappa shape index (κ1) is 12.8. The average Bonchev–Trinajstić information content (AvgIpc) is 2.28. The zero-order valence-electron chi connectivity index (χ0n) is 8.88. The van der Waals surface area contributed by atoms with Gasteiger partial charge in [-0.15, -0.1) is 11.8 Å². The van der Waals surface area contributed by atoms with E-state index in [-0.39, 0.29) is 0 Å². The third kappa shape index (κ3) is 4.39. The predicted molar refractivity (Wildman–Crippen MR) is 63.4 cm³/mol. The van der Waals surface area contributed by atoms with Crippen molar-refractivity contribution in [3.8, 4) is 0 Å². The van der Waals surface area contributed by atoms with E-state index in [1.807, 2.05) is 30.3 Å². The maximum absolute atomic E-state index is 11.9. The van der Waals surface area contributed by atoms with Crippen molar-refractivity contribution in [2.24, 2.45) is 0 Å². The molecule has 1 atom stereocenters. The number of hydrogen-bond acceptors (Lipinski definition) is 4. The Morgan fingerprint density at radius 1 is 1.33 bits per heavy atom. The standard InChI is InChI=1S/C10H15O3PS/c1-3-13-14(11,12-2)9-15-10-7-5-4-6-8-10/h4-8H,3,9H2,1-2H3. The molecule has 0 saturated heterocycles. The second kappa shape index (κ2) is 6.33. The van der Waals surface area contributed by atoms with Crippen molar-refractivity contribution < 1.29 is 13.6 Å². The van der Waals surface area contributed by atoms with Gasteiger partial charge in [0.2, 0.25) is 0 Å². The lowest BCUT2D eigenvalue weighted by Gasteiger charge is -2.14. The van der Waals surface area contributed by atoms with Crippen molar-refractivity contribution >= 4 is 19.4 Å². The molecule has 0 saturated carbocycles. The van der Waals surface area contributed by atoms with E-state index in [1.165, 1.54) is 18.9 Å². The molecule has 1 aromatic carbocycles. The van der Waals surface area contributed by atoms with Crippen LogP contribution in [0.2, 0.25) is 0 Å². The van der Waals surface area contributed by atoms with E-state index in [9.17, 15) is 4.57 Å². The Balaban J connectivity index is 2.51. The Labute approximate surface area is 94.7 Å². The molecule has 5 heteroatoms. The molecular weight excluding hydrogens is 231 g/mol. The average molecular weight is 246 g/mol. The summed E-state index contributed by atoms with van der Waals surface area (Å²) in [7, 11) is -1.48. The Hall–Kier alpha value is -0.280. The quantitative estimate of drug-likeness (QED) is 0.567. The van der Waals surface area contributed by atoms with Crippen LogP contribution in [-0.4, -0.2) is 19.2 Å². The van der Waals surface area contributed by atoms with Gasteiger partial charge in [-0.25, -0.2) is 0 Å². The van der Waals surface area contributed by atoms with Crippen molar-refractivity contribution in [1.82, 2.24) is 0 Å². The molecule has 0 radical (unpaired) electrons. The maximum Gasteiger partial charge on any atom is 0.340 e. The lowest BCUT2D eigenvalue weighted by atomic mass is 10.4. The van der Waals surface area contributed by atoms with Gasteiger partial charge < -0.3 is 9.05 Å². The highest BCUT2D eigenvalue weighted by molar-refractivity contribution is 8.04. The van der Waals surface area contributed by atoms with Crippen LogP contribution in [0.5, 0.6) is 0 Å². The third-order valence-corrected chi connectivity index (χ3v) is 5.33. The van der Waals surface area contributed by atoms with Gasteiger partial charge in [-0.3, -0.25) is 4.57 Å². The molecule has 0 bridgehead atoms. The zero-order chi connectivity index (χ0) is 11.1. The number of benzene rings is 1. The second-order valence-electron chi connectivity index (χ2n) is 2.80. The summed E-state index contributed by atoms with van der Waals surface area (Å²) in [5.41, 5.74) is 0.349. The van der Waals surface area contributed by atoms with Crippen LogP contribution >= 0.6 is 19.4 Å². The van der Waals surface area contributed by atoms with E-state index in [1.54, 1.807) is 6.92 Å². The molecule has 0 aliphatic rings. The molecule has 1 rings (SSSR count). The summed E-state index contributed by atoms with van der Waals surface area (Å²) in [6, 6.07) is 9.78. The topological polar surface area (TPSA) is 35.5 Å². The largest absolute Gasteiger partial charge is 0.340 e. The summed E-state index contributed by atoms with van der Waals surface area (Å²) in [5, 5.41) is 0. The Kier molecular flexibility index (Phi) is 5.40. The molecular formula is C10H15O3PS. The number of hydrogen-bond donors (Lipinski definition) is 0. The van der Waals surface area contributed by atoms with E-state index >= 15 is 0 Å². The van der Waals surface area contributed by atoms with Crippen LogP contribution in [0.25, 0.3) is 0 Å². The molecule has 0 amide bonds. The third-order valence-electron chi connectivity index (χ3n) is 1.74. The van der Waals surface area contributed by atoms with Gasteiger partial charge in [0.15, 0.2) is 0 Å². The fourth-order valence-corrected chi connectivity index (χ4v) is 3.81. The summed E-state index contributed by atoms with van der Waals surface area (Å²) in [6.07, 6.45) is 0. The van der Waals surface area contributed by atoms with E-state index in [0.717, 1.165) is 4.90 Å². The minimum atomic E-state index is -2.90. The van der Waals surface area contributed by atoms with Gasteiger partial charge >= 0.3 is 7.60 Å². The molecule has 0 aliphatic heterocycles. The monoisotopic (exact) mass is 246 g/mol. The molecule has 0 fully saturated rings. The minimum Gasteiger partial charge on any atom is -0.311 e. The van der Waals surface area contributed by atoms with Crippen LogP contribution in [0.4, 0.5) is 0 Å². The highest BCUT2D eigenvalue weighted by Gasteiger charge is 2.22. The Bertz CT molecular complexity index is 329. The van der Waals surface area contributed by atoms with Crippen LogP contribution in [0.1, 0.15) is 6.92 Å². The number of rotatable bonds is 6. The minimum absolute atomic E-state index is 0.349. The zero-order valence-corrected chi connectivity index (χ0v) is 10.6. The molecule has 1 unspecified atom stereocenters. The highest BCUT2D eigenvalue weighted by atomic mass is 32.2. The van der Waals surface area contributed by atoms with Gasteiger partial charge in [0, 0.05) is 12.0 Å². The molecule has 3 nitrogen and oxygen atoms in total. The van der Waals surface area contributed by atoms with E-state index < -0.39 is 7.60 Å². The van der Waals surface area contributed by atoms with E-state index in [2.05, 4.69) is 0 Å². The lowest BCUT2D eigenvalue weighted by molar-refractivity contribution is 0.248. The molecule has 84 valence electrons. The van der Waals surface area contributed by atoms with Crippen molar-refractivity contribution in [3.05, 3.63) is 30.3 Å². The highest BCUT2D eigenvalue weighted by Crippen LogP contribution is 2.51. The van der Waals surface area contributed by atoms with Gasteiger partial charge in [-0.2, -0.15) is 0 Å². The van der Waals surface area contributed by atoms with Crippen molar-refractivity contribution in [2.75, 3.05) is 19.2 Å². The lowest BCUT2D eigenvalue weighted by Crippen LogP contribution is -1.94. The van der Waals surface area contributed by atoms with Gasteiger partial charge in [-0.1, -0.05) is 18.2 Å². The molecule has 1 aromatic rings. The smallest absolute Gasteiger partial charge is 0.311 e. The van der Waals surface area contributed by atoms with Crippen LogP contribution < -0.4 is 0 Å². The molecule has 0 spiro atoms. The summed E-state index contributed by atoms with van der Waals surface area (Å²) in [6.45, 7) is 2.21. The van der Waals surface area contributed by atoms with Crippen molar-refractivity contribution in [3.63, 3.8) is 0 Å². The number of thioether (sulfide) groups is 1. The predicted octanol–water partition coefficient (Wildman–Crippen LogP) is 3.61. The van der Waals surface area contributed by atoms with Crippen molar-refractivity contribution in [2.45, 2.75) is 11.8 Å². The first-order chi connectivity index (χ1) is 7.20. The van der Waals surface area contributed by atoms with Crippen LogP contribution in [0, 0.1) is 0 Å². The van der Waals surface area contributed by atoms with Crippen LogP contribution in [-0.2, 0) is 13.6 Å². The fourth-order valence-electron chi connectivity index (χ4n) is 1.01. The fraction of sp³-hybridized carbons (Fsp3) is 0.400. The van der Waals surface area contributed by atoms with Crippen LogP contribution in [0.3, 0.4) is 0 Å². The van der Waals surface area contributed by atoms with Crippen molar-refractivity contribution in [1.29, 1.82) is 0 Å². The molecule has 0 aliphatic carbocycles. The summed E-state index contributed by atoms with van der Waals surface area (Å²) in [5.74, 6) is 0. The maximum atomic E-state index is 11.9.